The molecule has 1 aliphatic heterocycles. The number of primary amides is 1. The number of nitrogens with zero attached hydrogens (tertiary/aromatic N) is 2. The second-order valence-corrected chi connectivity index (χ2v) is 13.0. The number of anilines is 2. The minimum atomic E-state index is -1.31. The molecule has 1 saturated carbocycles. The molecule has 1 aliphatic carbocycles. The van der Waals surface area contributed by atoms with Crippen LogP contribution >= 0.6 is 0 Å². The molecular formula is C41H42N4O4. The highest BCUT2D eigenvalue weighted by Crippen LogP contribution is 2.37. The summed E-state index contributed by atoms with van der Waals surface area (Å²) in [6, 6.07) is 32.9. The number of nitrogens with two attached hydrogens (primary N) is 1. The van der Waals surface area contributed by atoms with E-state index < -0.39 is 35.7 Å². The van der Waals surface area contributed by atoms with E-state index in [9.17, 15) is 19.2 Å². The van der Waals surface area contributed by atoms with Gasteiger partial charge in [0.05, 0.1) is 11.4 Å². The third-order valence-corrected chi connectivity index (χ3v) is 9.69. The first-order chi connectivity index (χ1) is 23.9. The molecule has 4 aromatic carbocycles. The van der Waals surface area contributed by atoms with Gasteiger partial charge in [-0.25, -0.2) is 4.99 Å². The second kappa shape index (κ2) is 15.2. The fourth-order valence-corrected chi connectivity index (χ4v) is 7.25. The molecule has 49 heavy (non-hydrogen) atoms. The normalized spacial score (nSPS) is 17.4. The number of hydrogen-bond acceptors (Lipinski definition) is 5. The quantitative estimate of drug-likeness (QED) is 0.160. The number of nitrogens with one attached hydrogen (secondary N) is 1. The van der Waals surface area contributed by atoms with Crippen molar-refractivity contribution in [2.24, 2.45) is 28.5 Å². The van der Waals surface area contributed by atoms with Crippen LogP contribution in [-0.4, -0.2) is 35.4 Å². The summed E-state index contributed by atoms with van der Waals surface area (Å²) >= 11 is 0. The van der Waals surface area contributed by atoms with Crippen molar-refractivity contribution in [3.05, 3.63) is 131 Å². The Labute approximate surface area is 287 Å². The fourth-order valence-electron chi connectivity index (χ4n) is 7.25. The third-order valence-electron chi connectivity index (χ3n) is 9.69. The third kappa shape index (κ3) is 7.38. The standard InChI is InChI=1S/C41H42N4O4/c1-2-14-32(38(42)47)34(25-27-15-9-10-16-27)40(48)44-39-41(49)45(31-22-13-21-30(26-31)37(46)29-19-7-4-8-20-29)35-24-12-11-23-33(35)36(43-39)28-17-5-3-6-18-28/h3-8,11-13,17-24,26-27,32,34,39H,2,9-10,14-16,25H2,1H3,(H2,42,47)(H,44,48)/t32-,34+,39?/m0/s1. The van der Waals surface area contributed by atoms with Crippen LogP contribution in [0.3, 0.4) is 0 Å². The van der Waals surface area contributed by atoms with Crippen molar-refractivity contribution in [1.29, 1.82) is 0 Å². The Bertz CT molecular complexity index is 1850. The molecule has 2 aliphatic rings. The Morgan fingerprint density at radius 3 is 2.18 bits per heavy atom. The summed E-state index contributed by atoms with van der Waals surface area (Å²) in [6.07, 6.45) is 4.59. The molecule has 250 valence electrons. The van der Waals surface area contributed by atoms with Crippen LogP contribution in [0.15, 0.2) is 114 Å². The first kappa shape index (κ1) is 33.5. The summed E-state index contributed by atoms with van der Waals surface area (Å²) in [6.45, 7) is 1.97. The van der Waals surface area contributed by atoms with E-state index in [0.29, 0.717) is 59.0 Å². The van der Waals surface area contributed by atoms with Gasteiger partial charge in [0.15, 0.2) is 5.78 Å². The number of rotatable bonds is 12. The number of ketones is 1. The molecular weight excluding hydrogens is 612 g/mol. The molecule has 0 saturated heterocycles. The predicted molar refractivity (Wildman–Crippen MR) is 192 cm³/mol. The van der Waals surface area contributed by atoms with E-state index in [1.165, 1.54) is 4.90 Å². The SMILES string of the molecule is CCC[C@H](C(N)=O)[C@@H](CC1CCCC1)C(=O)NC1N=C(c2ccccc2)c2ccccc2N(c2cccc(C(=O)c3ccccc3)c2)C1=O. The average Bonchev–Trinajstić information content (AvgIpc) is 3.62. The molecule has 0 aromatic heterocycles. The highest BCUT2D eigenvalue weighted by atomic mass is 16.2. The van der Waals surface area contributed by atoms with Gasteiger partial charge in [-0.15, -0.1) is 0 Å². The zero-order valence-electron chi connectivity index (χ0n) is 27.8. The molecule has 1 fully saturated rings. The fraction of sp³-hybridized carbons (Fsp3) is 0.293. The zero-order chi connectivity index (χ0) is 34.3. The number of benzene rings is 4. The van der Waals surface area contributed by atoms with Crippen molar-refractivity contribution in [1.82, 2.24) is 5.32 Å². The molecule has 1 unspecified atom stereocenters. The summed E-state index contributed by atoms with van der Waals surface area (Å²) in [5.41, 5.74) is 9.91. The van der Waals surface area contributed by atoms with E-state index in [1.54, 1.807) is 36.4 Å². The molecule has 0 bridgehead atoms. The lowest BCUT2D eigenvalue weighted by Gasteiger charge is -2.29. The molecule has 0 spiro atoms. The van der Waals surface area contributed by atoms with E-state index >= 15 is 0 Å². The maximum atomic E-state index is 14.8. The number of hydrogen-bond donors (Lipinski definition) is 2. The summed E-state index contributed by atoms with van der Waals surface area (Å²) in [7, 11) is 0. The van der Waals surface area contributed by atoms with E-state index in [2.05, 4.69) is 5.32 Å². The lowest BCUT2D eigenvalue weighted by atomic mass is 9.80. The van der Waals surface area contributed by atoms with Crippen molar-refractivity contribution >= 4 is 40.6 Å². The van der Waals surface area contributed by atoms with Gasteiger partial charge >= 0.3 is 0 Å². The van der Waals surface area contributed by atoms with E-state index in [4.69, 9.17) is 10.7 Å². The van der Waals surface area contributed by atoms with Gasteiger partial charge in [-0.2, -0.15) is 0 Å². The van der Waals surface area contributed by atoms with Crippen molar-refractivity contribution in [2.75, 3.05) is 4.90 Å². The van der Waals surface area contributed by atoms with Gasteiger partial charge in [0.1, 0.15) is 0 Å². The van der Waals surface area contributed by atoms with Gasteiger partial charge in [0.25, 0.3) is 5.91 Å². The summed E-state index contributed by atoms with van der Waals surface area (Å²) in [4.78, 5) is 61.9. The summed E-state index contributed by atoms with van der Waals surface area (Å²) in [5, 5.41) is 2.98. The molecule has 1 heterocycles. The van der Waals surface area contributed by atoms with Gasteiger partial charge in [-0.05, 0) is 37.0 Å². The summed E-state index contributed by atoms with van der Waals surface area (Å²) < 4.78 is 0. The lowest BCUT2D eigenvalue weighted by molar-refractivity contribution is -0.136. The van der Waals surface area contributed by atoms with E-state index in [1.807, 2.05) is 79.7 Å². The number of carbonyl (C=O) groups excluding carboxylic acids is 4. The van der Waals surface area contributed by atoms with E-state index in [-0.39, 0.29) is 5.78 Å². The molecule has 3 amide bonds. The monoisotopic (exact) mass is 654 g/mol. The maximum absolute atomic E-state index is 14.8. The van der Waals surface area contributed by atoms with Gasteiger partial charge in [0, 0.05) is 39.8 Å². The highest BCUT2D eigenvalue weighted by molar-refractivity contribution is 6.22. The van der Waals surface area contributed by atoms with Crippen molar-refractivity contribution in [3.63, 3.8) is 0 Å². The topological polar surface area (TPSA) is 122 Å². The van der Waals surface area contributed by atoms with Crippen LogP contribution in [0, 0.1) is 17.8 Å². The molecule has 4 aromatic rings. The largest absolute Gasteiger partial charge is 0.369 e. The van der Waals surface area contributed by atoms with E-state index in [0.717, 1.165) is 31.2 Å². The van der Waals surface area contributed by atoms with Gasteiger partial charge < -0.3 is 11.1 Å². The van der Waals surface area contributed by atoms with Gasteiger partial charge in [-0.3, -0.25) is 24.1 Å². The van der Waals surface area contributed by atoms with Crippen molar-refractivity contribution in [3.8, 4) is 0 Å². The van der Waals surface area contributed by atoms with Crippen LogP contribution in [-0.2, 0) is 14.4 Å². The molecule has 3 N–H and O–H groups in total. The van der Waals surface area contributed by atoms with Crippen molar-refractivity contribution < 1.29 is 19.2 Å². The van der Waals surface area contributed by atoms with Crippen LogP contribution < -0.4 is 16.0 Å². The number of carbonyl (C=O) groups is 4. The molecule has 0 radical (unpaired) electrons. The van der Waals surface area contributed by atoms with Crippen LogP contribution in [0.5, 0.6) is 0 Å². The number of benzodiazepines with no additional fused rings is 1. The Hall–Kier alpha value is -5.37. The number of aliphatic imine (C=N–C) groups is 1. The summed E-state index contributed by atoms with van der Waals surface area (Å²) in [5.74, 6) is -2.60. The molecule has 6 rings (SSSR count). The Morgan fingerprint density at radius 2 is 1.49 bits per heavy atom. The molecule has 8 nitrogen and oxygen atoms in total. The first-order valence-corrected chi connectivity index (χ1v) is 17.2. The predicted octanol–water partition coefficient (Wildman–Crippen LogP) is 6.97. The smallest absolute Gasteiger partial charge is 0.276 e. The zero-order valence-corrected chi connectivity index (χ0v) is 27.8. The van der Waals surface area contributed by atoms with Crippen LogP contribution in [0.4, 0.5) is 11.4 Å². The van der Waals surface area contributed by atoms with Crippen LogP contribution in [0.25, 0.3) is 0 Å². The number of para-hydroxylation sites is 1. The maximum Gasteiger partial charge on any atom is 0.276 e. The van der Waals surface area contributed by atoms with Gasteiger partial charge in [0.2, 0.25) is 18.0 Å². The Kier molecular flexibility index (Phi) is 10.4. The molecule has 3 atom stereocenters. The van der Waals surface area contributed by atoms with Crippen LogP contribution in [0.1, 0.15) is 78.9 Å². The van der Waals surface area contributed by atoms with Crippen LogP contribution in [0.2, 0.25) is 0 Å². The van der Waals surface area contributed by atoms with Crippen molar-refractivity contribution in [2.45, 2.75) is 58.0 Å². The highest BCUT2D eigenvalue weighted by Gasteiger charge is 2.39. The minimum absolute atomic E-state index is 0.174. The van der Waals surface area contributed by atoms with Gasteiger partial charge in [-0.1, -0.05) is 130 Å². The molecule has 8 heteroatoms. The second-order valence-electron chi connectivity index (χ2n) is 13.0. The number of fused-ring (bicyclic) bond motifs is 1. The lowest BCUT2D eigenvalue weighted by Crippen LogP contribution is -2.50. The Morgan fingerprint density at radius 1 is 0.837 bits per heavy atom. The number of amides is 3. The minimum Gasteiger partial charge on any atom is -0.369 e. The average molecular weight is 655 g/mol. The Balaban J connectivity index is 1.44. The first-order valence-electron chi connectivity index (χ1n) is 17.2.